The van der Waals surface area contributed by atoms with Gasteiger partial charge in [-0.3, -0.25) is 4.72 Å². The lowest BCUT2D eigenvalue weighted by Crippen LogP contribution is -2.13. The largest absolute Gasteiger partial charge is 0.276 e. The lowest BCUT2D eigenvalue weighted by Gasteiger charge is -2.07. The molecule has 0 aliphatic rings. The van der Waals surface area contributed by atoms with Gasteiger partial charge in [0.05, 0.1) is 5.69 Å². The summed E-state index contributed by atoms with van der Waals surface area (Å²) in [5, 5.41) is 1.58. The molecule has 0 amide bonds. The maximum absolute atomic E-state index is 13.3. The molecule has 0 aliphatic carbocycles. The molecule has 0 bridgehead atoms. The van der Waals surface area contributed by atoms with Gasteiger partial charge in [-0.15, -0.1) is 11.3 Å². The van der Waals surface area contributed by atoms with Gasteiger partial charge < -0.3 is 0 Å². The number of benzene rings is 1. The lowest BCUT2D eigenvalue weighted by atomic mass is 10.3. The van der Waals surface area contributed by atoms with Gasteiger partial charge in [0.2, 0.25) is 0 Å². The van der Waals surface area contributed by atoms with Crippen LogP contribution in [0.5, 0.6) is 0 Å². The number of hydrogen-bond acceptors (Lipinski definition) is 3. The Hall–Kier alpha value is -1.47. The smallest absolute Gasteiger partial charge is 0.271 e. The number of thiophene rings is 1. The number of sulfonamides is 1. The monoisotopic (exact) mass is 275 g/mol. The average Bonchev–Trinajstić information content (AvgIpc) is 2.78. The second kappa shape index (κ2) is 4.42. The van der Waals surface area contributed by atoms with E-state index in [0.717, 1.165) is 23.5 Å². The van der Waals surface area contributed by atoms with Crippen LogP contribution in [0.15, 0.2) is 39.9 Å². The standard InChI is InChI=1S/C10H7F2NO2S2/c11-7-3-1-4-8(10(7)12)13-17(14,15)9-5-2-6-16-9/h1-6,13H. The molecule has 0 aliphatic heterocycles. The number of halogens is 2. The molecule has 7 heteroatoms. The fourth-order valence-corrected chi connectivity index (χ4v) is 3.25. The number of nitrogens with one attached hydrogen (secondary N) is 1. The summed E-state index contributed by atoms with van der Waals surface area (Å²) in [6.07, 6.45) is 0. The fraction of sp³-hybridized carbons (Fsp3) is 0. The van der Waals surface area contributed by atoms with Crippen LogP contribution < -0.4 is 4.72 Å². The predicted octanol–water partition coefficient (Wildman–Crippen LogP) is 2.83. The highest BCUT2D eigenvalue weighted by atomic mass is 32.2. The minimum atomic E-state index is -3.85. The van der Waals surface area contributed by atoms with Crippen LogP contribution in [0.1, 0.15) is 0 Å². The molecule has 0 spiro atoms. The highest BCUT2D eigenvalue weighted by molar-refractivity contribution is 7.94. The first-order chi connectivity index (χ1) is 8.00. The first-order valence-electron chi connectivity index (χ1n) is 4.51. The number of hydrogen-bond donors (Lipinski definition) is 1. The minimum absolute atomic E-state index is 0.0427. The minimum Gasteiger partial charge on any atom is -0.276 e. The molecular weight excluding hydrogens is 268 g/mol. The summed E-state index contributed by atoms with van der Waals surface area (Å²) in [7, 11) is -3.85. The zero-order valence-electron chi connectivity index (χ0n) is 8.35. The molecule has 3 nitrogen and oxygen atoms in total. The van der Waals surface area contributed by atoms with Crippen molar-refractivity contribution in [2.45, 2.75) is 4.21 Å². The van der Waals surface area contributed by atoms with E-state index >= 15 is 0 Å². The molecular formula is C10H7F2NO2S2. The van der Waals surface area contributed by atoms with Crippen molar-refractivity contribution in [3.8, 4) is 0 Å². The molecule has 2 aromatic rings. The topological polar surface area (TPSA) is 46.2 Å². The Morgan fingerprint density at radius 1 is 1.12 bits per heavy atom. The Bertz CT molecular complexity index is 624. The van der Waals surface area contributed by atoms with Crippen LogP contribution in [0.25, 0.3) is 0 Å². The van der Waals surface area contributed by atoms with Crippen molar-refractivity contribution in [2.24, 2.45) is 0 Å². The number of anilines is 1. The predicted molar refractivity (Wildman–Crippen MR) is 61.5 cm³/mol. The SMILES string of the molecule is O=S(=O)(Nc1cccc(F)c1F)c1cccs1. The highest BCUT2D eigenvalue weighted by Crippen LogP contribution is 2.23. The van der Waals surface area contributed by atoms with Crippen molar-refractivity contribution in [2.75, 3.05) is 4.72 Å². The Labute approximate surface area is 101 Å². The third kappa shape index (κ3) is 2.45. The van der Waals surface area contributed by atoms with Crippen LogP contribution in [0, 0.1) is 11.6 Å². The third-order valence-electron chi connectivity index (χ3n) is 1.96. The van der Waals surface area contributed by atoms with E-state index in [4.69, 9.17) is 0 Å². The maximum Gasteiger partial charge on any atom is 0.271 e. The molecule has 0 atom stereocenters. The summed E-state index contributed by atoms with van der Waals surface area (Å²) in [6, 6.07) is 6.23. The van der Waals surface area contributed by atoms with Gasteiger partial charge in [0.1, 0.15) is 4.21 Å². The highest BCUT2D eigenvalue weighted by Gasteiger charge is 2.18. The summed E-state index contributed by atoms with van der Waals surface area (Å²) in [4.78, 5) is 0. The summed E-state index contributed by atoms with van der Waals surface area (Å²) in [5.74, 6) is -2.32. The van der Waals surface area contributed by atoms with Crippen molar-refractivity contribution < 1.29 is 17.2 Å². The Morgan fingerprint density at radius 3 is 2.53 bits per heavy atom. The molecule has 1 aromatic carbocycles. The molecule has 17 heavy (non-hydrogen) atoms. The molecule has 2 rings (SSSR count). The van der Waals surface area contributed by atoms with Crippen molar-refractivity contribution in [3.05, 3.63) is 47.3 Å². The van der Waals surface area contributed by atoms with Crippen LogP contribution in [0.2, 0.25) is 0 Å². The lowest BCUT2D eigenvalue weighted by molar-refractivity contribution is 0.511. The van der Waals surface area contributed by atoms with Gasteiger partial charge in [-0.25, -0.2) is 17.2 Å². The molecule has 90 valence electrons. The van der Waals surface area contributed by atoms with Crippen LogP contribution in [0.4, 0.5) is 14.5 Å². The quantitative estimate of drug-likeness (QED) is 0.936. The van der Waals surface area contributed by atoms with Gasteiger partial charge in [-0.05, 0) is 23.6 Å². The van der Waals surface area contributed by atoms with Crippen LogP contribution >= 0.6 is 11.3 Å². The van der Waals surface area contributed by atoms with E-state index in [0.29, 0.717) is 0 Å². The summed E-state index contributed by atoms with van der Waals surface area (Å²) in [6.45, 7) is 0. The van der Waals surface area contributed by atoms with Crippen molar-refractivity contribution in [1.29, 1.82) is 0 Å². The molecule has 0 saturated carbocycles. The molecule has 1 heterocycles. The molecule has 1 aromatic heterocycles. The van der Waals surface area contributed by atoms with Crippen molar-refractivity contribution >= 4 is 27.0 Å². The van der Waals surface area contributed by atoms with Gasteiger partial charge >= 0.3 is 0 Å². The molecule has 0 radical (unpaired) electrons. The van der Waals surface area contributed by atoms with Gasteiger partial charge in [0.15, 0.2) is 11.6 Å². The molecule has 0 unspecified atom stereocenters. The second-order valence-corrected chi connectivity index (χ2v) is 6.00. The molecule has 0 fully saturated rings. The normalized spacial score (nSPS) is 11.4. The van der Waals surface area contributed by atoms with E-state index in [1.807, 2.05) is 4.72 Å². The Kier molecular flexibility index (Phi) is 3.12. The number of rotatable bonds is 3. The van der Waals surface area contributed by atoms with Gasteiger partial charge in [0.25, 0.3) is 10.0 Å². The van der Waals surface area contributed by atoms with Crippen LogP contribution in [0.3, 0.4) is 0 Å². The van der Waals surface area contributed by atoms with Gasteiger partial charge in [0, 0.05) is 0 Å². The van der Waals surface area contributed by atoms with E-state index in [-0.39, 0.29) is 4.21 Å². The zero-order chi connectivity index (χ0) is 12.5. The Balaban J connectivity index is 2.37. The Morgan fingerprint density at radius 2 is 1.88 bits per heavy atom. The maximum atomic E-state index is 13.3. The average molecular weight is 275 g/mol. The fourth-order valence-electron chi connectivity index (χ4n) is 1.19. The summed E-state index contributed by atoms with van der Waals surface area (Å²) >= 11 is 0.993. The van der Waals surface area contributed by atoms with E-state index in [9.17, 15) is 17.2 Å². The van der Waals surface area contributed by atoms with E-state index in [1.54, 1.807) is 11.4 Å². The summed E-state index contributed by atoms with van der Waals surface area (Å²) < 4.78 is 51.7. The first-order valence-corrected chi connectivity index (χ1v) is 6.87. The van der Waals surface area contributed by atoms with E-state index in [1.165, 1.54) is 12.1 Å². The molecule has 1 N–H and O–H groups in total. The summed E-state index contributed by atoms with van der Waals surface area (Å²) in [5.41, 5.74) is -0.404. The second-order valence-electron chi connectivity index (χ2n) is 3.14. The van der Waals surface area contributed by atoms with Gasteiger partial charge in [-0.2, -0.15) is 0 Å². The van der Waals surface area contributed by atoms with E-state index < -0.39 is 27.3 Å². The van der Waals surface area contributed by atoms with Crippen molar-refractivity contribution in [1.82, 2.24) is 0 Å². The van der Waals surface area contributed by atoms with Crippen LogP contribution in [-0.2, 0) is 10.0 Å². The zero-order valence-corrected chi connectivity index (χ0v) is 9.99. The molecule has 0 saturated heterocycles. The van der Waals surface area contributed by atoms with E-state index in [2.05, 4.69) is 0 Å². The van der Waals surface area contributed by atoms with Gasteiger partial charge in [-0.1, -0.05) is 12.1 Å². The van der Waals surface area contributed by atoms with Crippen molar-refractivity contribution in [3.63, 3.8) is 0 Å². The third-order valence-corrected chi connectivity index (χ3v) is 4.72. The first kappa shape index (κ1) is 12.0. The van der Waals surface area contributed by atoms with Crippen LogP contribution in [-0.4, -0.2) is 8.42 Å².